The Morgan fingerprint density at radius 2 is 2.16 bits per heavy atom. The fraction of sp³-hybridized carbons (Fsp3) is 0.286. The summed E-state index contributed by atoms with van der Waals surface area (Å²) < 4.78 is 37.6. The normalized spacial score (nSPS) is 10.9. The van der Waals surface area contributed by atoms with Crippen LogP contribution >= 0.6 is 11.3 Å². The van der Waals surface area contributed by atoms with Crippen molar-refractivity contribution >= 4 is 21.4 Å². The predicted octanol–water partition coefficient (Wildman–Crippen LogP) is 4.80. The van der Waals surface area contributed by atoms with Gasteiger partial charge in [-0.15, -0.1) is 0 Å². The van der Waals surface area contributed by atoms with Gasteiger partial charge in [-0.05, 0) is 30.5 Å². The Bertz CT molecular complexity index is 578. The standard InChI is InChI=1S/C14H14F2O2S/c1-3-7-18-11-8-9-5-6-10(17-4-2)12(14(15)16)13(9)19-11/h3,5-6,8,14H,1,4,7H2,2H3. The molecule has 102 valence electrons. The lowest BCUT2D eigenvalue weighted by Crippen LogP contribution is -1.97. The van der Waals surface area contributed by atoms with Gasteiger partial charge in [0.1, 0.15) is 12.4 Å². The Kier molecular flexibility index (Phi) is 4.37. The number of alkyl halides is 2. The Morgan fingerprint density at radius 3 is 2.79 bits per heavy atom. The SMILES string of the molecule is C=CCOc1cc2ccc(OCC)c(C(F)F)c2s1. The van der Waals surface area contributed by atoms with E-state index in [1.54, 1.807) is 31.2 Å². The van der Waals surface area contributed by atoms with Gasteiger partial charge in [0.25, 0.3) is 6.43 Å². The van der Waals surface area contributed by atoms with Crippen LogP contribution in [0.1, 0.15) is 18.9 Å². The second kappa shape index (κ2) is 6.02. The highest BCUT2D eigenvalue weighted by molar-refractivity contribution is 7.21. The third kappa shape index (κ3) is 2.87. The van der Waals surface area contributed by atoms with Gasteiger partial charge in [-0.1, -0.05) is 24.0 Å². The molecule has 1 aromatic carbocycles. The summed E-state index contributed by atoms with van der Waals surface area (Å²) in [6.45, 7) is 6.04. The molecule has 0 bridgehead atoms. The first-order valence-corrected chi connectivity index (χ1v) is 6.70. The third-order valence-corrected chi connectivity index (χ3v) is 3.62. The van der Waals surface area contributed by atoms with Crippen molar-refractivity contribution in [2.45, 2.75) is 13.3 Å². The fourth-order valence-electron chi connectivity index (χ4n) is 1.78. The molecular formula is C14H14F2O2S. The molecule has 1 aromatic heterocycles. The zero-order valence-electron chi connectivity index (χ0n) is 10.5. The van der Waals surface area contributed by atoms with Crippen molar-refractivity contribution in [2.24, 2.45) is 0 Å². The van der Waals surface area contributed by atoms with Crippen LogP contribution in [-0.2, 0) is 0 Å². The molecule has 0 aliphatic carbocycles. The topological polar surface area (TPSA) is 18.5 Å². The van der Waals surface area contributed by atoms with Crippen LogP contribution in [0.5, 0.6) is 10.8 Å². The van der Waals surface area contributed by atoms with Crippen molar-refractivity contribution in [3.8, 4) is 10.8 Å². The number of ether oxygens (including phenoxy) is 2. The zero-order valence-corrected chi connectivity index (χ0v) is 11.3. The summed E-state index contributed by atoms with van der Waals surface area (Å²) in [5.41, 5.74) is -0.0576. The van der Waals surface area contributed by atoms with Crippen molar-refractivity contribution in [1.29, 1.82) is 0 Å². The summed E-state index contributed by atoms with van der Waals surface area (Å²) in [5, 5.41) is 1.34. The molecule has 0 unspecified atom stereocenters. The van der Waals surface area contributed by atoms with Crippen LogP contribution in [0.15, 0.2) is 30.9 Å². The highest BCUT2D eigenvalue weighted by Gasteiger charge is 2.20. The van der Waals surface area contributed by atoms with Crippen LogP contribution in [0.2, 0.25) is 0 Å². The van der Waals surface area contributed by atoms with E-state index in [2.05, 4.69) is 6.58 Å². The van der Waals surface area contributed by atoms with Gasteiger partial charge in [0.05, 0.1) is 16.9 Å². The first kappa shape index (κ1) is 13.8. The Hall–Kier alpha value is -1.62. The Labute approximate surface area is 114 Å². The molecule has 0 spiro atoms. The molecule has 0 saturated carbocycles. The molecule has 0 amide bonds. The summed E-state index contributed by atoms with van der Waals surface area (Å²) in [5.74, 6) is 0.238. The maximum Gasteiger partial charge on any atom is 0.268 e. The number of halogens is 2. The van der Waals surface area contributed by atoms with Crippen LogP contribution in [-0.4, -0.2) is 13.2 Å². The van der Waals surface area contributed by atoms with E-state index in [4.69, 9.17) is 9.47 Å². The van der Waals surface area contributed by atoms with Gasteiger partial charge in [0, 0.05) is 0 Å². The van der Waals surface area contributed by atoms with Crippen molar-refractivity contribution in [1.82, 2.24) is 0 Å². The molecule has 0 N–H and O–H groups in total. The first-order valence-electron chi connectivity index (χ1n) is 5.88. The lowest BCUT2D eigenvalue weighted by atomic mass is 10.1. The first-order chi connectivity index (χ1) is 9.17. The largest absolute Gasteiger partial charge is 0.493 e. The average molecular weight is 284 g/mol. The van der Waals surface area contributed by atoms with Crippen molar-refractivity contribution in [3.05, 3.63) is 36.4 Å². The van der Waals surface area contributed by atoms with Crippen LogP contribution in [0.25, 0.3) is 10.1 Å². The molecule has 0 aliphatic heterocycles. The second-order valence-electron chi connectivity index (χ2n) is 3.79. The summed E-state index contributed by atoms with van der Waals surface area (Å²) in [6.07, 6.45) is -0.958. The van der Waals surface area contributed by atoms with E-state index in [0.717, 1.165) is 5.39 Å². The maximum absolute atomic E-state index is 13.2. The molecule has 2 nitrogen and oxygen atoms in total. The molecule has 0 saturated heterocycles. The molecule has 0 radical (unpaired) electrons. The number of benzene rings is 1. The Morgan fingerprint density at radius 1 is 1.37 bits per heavy atom. The van der Waals surface area contributed by atoms with Gasteiger partial charge in [-0.25, -0.2) is 8.78 Å². The quantitative estimate of drug-likeness (QED) is 0.709. The van der Waals surface area contributed by atoms with Gasteiger partial charge < -0.3 is 9.47 Å². The van der Waals surface area contributed by atoms with Crippen LogP contribution in [0.4, 0.5) is 8.78 Å². The van der Waals surface area contributed by atoms with E-state index < -0.39 is 6.43 Å². The van der Waals surface area contributed by atoms with E-state index in [9.17, 15) is 8.78 Å². The summed E-state index contributed by atoms with van der Waals surface area (Å²) >= 11 is 1.20. The van der Waals surface area contributed by atoms with Crippen molar-refractivity contribution in [2.75, 3.05) is 13.2 Å². The number of hydrogen-bond donors (Lipinski definition) is 0. The molecule has 2 rings (SSSR count). The fourth-order valence-corrected chi connectivity index (χ4v) is 2.84. The van der Waals surface area contributed by atoms with Gasteiger partial charge in [0.15, 0.2) is 5.06 Å². The highest BCUT2D eigenvalue weighted by atomic mass is 32.1. The molecule has 1 heterocycles. The summed E-state index contributed by atoms with van der Waals surface area (Å²) in [6, 6.07) is 5.10. The van der Waals surface area contributed by atoms with E-state index in [-0.39, 0.29) is 11.3 Å². The minimum atomic E-state index is -2.57. The van der Waals surface area contributed by atoms with Gasteiger partial charge >= 0.3 is 0 Å². The van der Waals surface area contributed by atoms with Crippen LogP contribution in [0, 0.1) is 0 Å². The second-order valence-corrected chi connectivity index (χ2v) is 4.81. The molecule has 19 heavy (non-hydrogen) atoms. The molecule has 0 fully saturated rings. The number of fused-ring (bicyclic) bond motifs is 1. The van der Waals surface area contributed by atoms with Gasteiger partial charge in [0.2, 0.25) is 0 Å². The van der Waals surface area contributed by atoms with E-state index >= 15 is 0 Å². The Balaban J connectivity index is 2.50. The lowest BCUT2D eigenvalue weighted by molar-refractivity contribution is 0.147. The monoisotopic (exact) mass is 284 g/mol. The van der Waals surface area contributed by atoms with E-state index in [1.807, 2.05) is 0 Å². The summed E-state index contributed by atoms with van der Waals surface area (Å²) in [7, 11) is 0. The molecule has 2 aromatic rings. The van der Waals surface area contributed by atoms with Crippen molar-refractivity contribution < 1.29 is 18.3 Å². The van der Waals surface area contributed by atoms with Gasteiger partial charge in [-0.3, -0.25) is 0 Å². The summed E-state index contributed by atoms with van der Waals surface area (Å²) in [4.78, 5) is 0. The third-order valence-electron chi connectivity index (χ3n) is 2.52. The van der Waals surface area contributed by atoms with Gasteiger partial charge in [-0.2, -0.15) is 0 Å². The van der Waals surface area contributed by atoms with E-state index in [0.29, 0.717) is 23.0 Å². The van der Waals surface area contributed by atoms with Crippen molar-refractivity contribution in [3.63, 3.8) is 0 Å². The minimum Gasteiger partial charge on any atom is -0.493 e. The molecule has 5 heteroatoms. The number of rotatable bonds is 6. The lowest BCUT2D eigenvalue weighted by Gasteiger charge is -2.10. The number of hydrogen-bond acceptors (Lipinski definition) is 3. The molecular weight excluding hydrogens is 270 g/mol. The zero-order chi connectivity index (χ0) is 13.8. The average Bonchev–Trinajstić information content (AvgIpc) is 2.78. The van der Waals surface area contributed by atoms with Crippen LogP contribution < -0.4 is 9.47 Å². The number of thiophene rings is 1. The minimum absolute atomic E-state index is 0.0576. The molecule has 0 aliphatic rings. The highest BCUT2D eigenvalue weighted by Crippen LogP contribution is 2.42. The molecule has 0 atom stereocenters. The maximum atomic E-state index is 13.2. The van der Waals surface area contributed by atoms with E-state index in [1.165, 1.54) is 11.3 Å². The smallest absolute Gasteiger partial charge is 0.268 e. The predicted molar refractivity (Wildman–Crippen MR) is 73.6 cm³/mol. The van der Waals surface area contributed by atoms with Crippen LogP contribution in [0.3, 0.4) is 0 Å².